The van der Waals surface area contributed by atoms with E-state index in [1.54, 1.807) is 6.20 Å². The van der Waals surface area contributed by atoms with Gasteiger partial charge in [-0.05, 0) is 23.6 Å². The molecule has 1 aliphatic heterocycles. The van der Waals surface area contributed by atoms with Gasteiger partial charge in [-0.15, -0.1) is 0 Å². The van der Waals surface area contributed by atoms with Crippen LogP contribution in [0.2, 0.25) is 0 Å². The summed E-state index contributed by atoms with van der Waals surface area (Å²) in [6.45, 7) is 4.28. The Bertz CT molecular complexity index is 632. The first-order valence-corrected chi connectivity index (χ1v) is 7.26. The molecule has 2 N–H and O–H groups in total. The summed E-state index contributed by atoms with van der Waals surface area (Å²) in [7, 11) is 0. The van der Waals surface area contributed by atoms with E-state index in [9.17, 15) is 4.79 Å². The summed E-state index contributed by atoms with van der Waals surface area (Å²) in [4.78, 5) is 18.6. The van der Waals surface area contributed by atoms with Crippen LogP contribution in [0.3, 0.4) is 0 Å². The zero-order valence-electron chi connectivity index (χ0n) is 12.2. The van der Waals surface area contributed by atoms with Crippen molar-refractivity contribution in [2.24, 2.45) is 0 Å². The molecule has 3 rings (SSSR count). The number of carbonyl (C=O) groups excluding carboxylic acids is 1. The molecule has 1 aromatic heterocycles. The molecule has 1 amide bonds. The minimum atomic E-state index is 0.188. The van der Waals surface area contributed by atoms with E-state index in [2.05, 4.69) is 16.5 Å². The molecule has 5 heteroatoms. The predicted molar refractivity (Wildman–Crippen MR) is 81.5 cm³/mol. The second-order valence-corrected chi connectivity index (χ2v) is 5.62. The number of carbonyl (C=O) groups is 1. The van der Waals surface area contributed by atoms with Crippen LogP contribution >= 0.6 is 0 Å². The normalized spacial score (nSPS) is 15.6. The van der Waals surface area contributed by atoms with Gasteiger partial charge in [0, 0.05) is 37.6 Å². The van der Waals surface area contributed by atoms with Gasteiger partial charge in [0.25, 0.3) is 0 Å². The van der Waals surface area contributed by atoms with E-state index < -0.39 is 0 Å². The van der Waals surface area contributed by atoms with Crippen LogP contribution in [0.25, 0.3) is 0 Å². The van der Waals surface area contributed by atoms with Gasteiger partial charge in [0.05, 0.1) is 6.54 Å². The number of amides is 1. The molecule has 2 aromatic rings. The number of hydrogen-bond donors (Lipinski definition) is 1. The lowest BCUT2D eigenvalue weighted by Gasteiger charge is -2.28. The number of hydrogen-bond acceptors (Lipinski definition) is 3. The van der Waals surface area contributed by atoms with E-state index in [-0.39, 0.29) is 11.8 Å². The van der Waals surface area contributed by atoms with Crippen molar-refractivity contribution in [3.8, 4) is 0 Å². The average Bonchev–Trinajstić information content (AvgIpc) is 2.95. The standard InChI is InChI=1S/C16H20N4O/c1-12(13-2-4-14(17)5-3-13)10-16(21)20-9-8-19-7-6-18-15(19)11-20/h2-7,12H,8-11,17H2,1H3. The highest BCUT2D eigenvalue weighted by Crippen LogP contribution is 2.22. The third-order valence-electron chi connectivity index (χ3n) is 4.08. The molecule has 0 spiro atoms. The summed E-state index contributed by atoms with van der Waals surface area (Å²) in [5.74, 6) is 1.35. The number of nitrogens with two attached hydrogens (primary N) is 1. The van der Waals surface area contributed by atoms with Crippen molar-refractivity contribution in [1.82, 2.24) is 14.5 Å². The van der Waals surface area contributed by atoms with Crippen molar-refractivity contribution < 1.29 is 4.79 Å². The Balaban J connectivity index is 1.63. The minimum Gasteiger partial charge on any atom is -0.399 e. The lowest BCUT2D eigenvalue weighted by atomic mass is 9.97. The SMILES string of the molecule is CC(CC(=O)N1CCn2ccnc2C1)c1ccc(N)cc1. The summed E-state index contributed by atoms with van der Waals surface area (Å²) in [6.07, 6.45) is 4.28. The van der Waals surface area contributed by atoms with Crippen molar-refractivity contribution in [3.05, 3.63) is 48.0 Å². The Labute approximate surface area is 124 Å². The highest BCUT2D eigenvalue weighted by atomic mass is 16.2. The third kappa shape index (κ3) is 2.91. The number of rotatable bonds is 3. The first-order chi connectivity index (χ1) is 10.1. The molecule has 0 aliphatic carbocycles. The molecule has 0 saturated carbocycles. The fourth-order valence-electron chi connectivity index (χ4n) is 2.72. The lowest BCUT2D eigenvalue weighted by molar-refractivity contribution is -0.133. The summed E-state index contributed by atoms with van der Waals surface area (Å²) in [5, 5.41) is 0. The van der Waals surface area contributed by atoms with Crippen molar-refractivity contribution in [2.75, 3.05) is 12.3 Å². The monoisotopic (exact) mass is 284 g/mol. The molecule has 1 aliphatic rings. The molecule has 110 valence electrons. The van der Waals surface area contributed by atoms with Crippen LogP contribution in [0.5, 0.6) is 0 Å². The first-order valence-electron chi connectivity index (χ1n) is 7.26. The zero-order valence-corrected chi connectivity index (χ0v) is 12.2. The first kappa shape index (κ1) is 13.7. The van der Waals surface area contributed by atoms with Gasteiger partial charge < -0.3 is 15.2 Å². The summed E-state index contributed by atoms with van der Waals surface area (Å²) >= 11 is 0. The van der Waals surface area contributed by atoms with Gasteiger partial charge in [-0.2, -0.15) is 0 Å². The topological polar surface area (TPSA) is 64.2 Å². The maximum absolute atomic E-state index is 12.4. The Morgan fingerprint density at radius 2 is 2.10 bits per heavy atom. The number of benzene rings is 1. The van der Waals surface area contributed by atoms with E-state index in [1.807, 2.05) is 35.4 Å². The van der Waals surface area contributed by atoms with E-state index >= 15 is 0 Å². The largest absolute Gasteiger partial charge is 0.399 e. The van der Waals surface area contributed by atoms with Crippen LogP contribution in [-0.2, 0) is 17.9 Å². The molecule has 1 aromatic carbocycles. The van der Waals surface area contributed by atoms with Crippen molar-refractivity contribution in [3.63, 3.8) is 0 Å². The van der Waals surface area contributed by atoms with Crippen LogP contribution in [-0.4, -0.2) is 26.9 Å². The smallest absolute Gasteiger partial charge is 0.223 e. The molecule has 5 nitrogen and oxygen atoms in total. The lowest BCUT2D eigenvalue weighted by Crippen LogP contribution is -2.38. The van der Waals surface area contributed by atoms with Gasteiger partial charge in [-0.25, -0.2) is 4.98 Å². The van der Waals surface area contributed by atoms with E-state index in [1.165, 1.54) is 0 Å². The number of nitrogen functional groups attached to an aromatic ring is 1. The molecule has 1 unspecified atom stereocenters. The van der Waals surface area contributed by atoms with Gasteiger partial charge in [0.15, 0.2) is 0 Å². The number of imidazole rings is 1. The van der Waals surface area contributed by atoms with Crippen LogP contribution in [0.1, 0.15) is 30.7 Å². The van der Waals surface area contributed by atoms with Gasteiger partial charge in [-0.1, -0.05) is 19.1 Å². The zero-order chi connectivity index (χ0) is 14.8. The van der Waals surface area contributed by atoms with Crippen LogP contribution in [0.15, 0.2) is 36.7 Å². The fourth-order valence-corrected chi connectivity index (χ4v) is 2.72. The highest BCUT2D eigenvalue weighted by molar-refractivity contribution is 5.77. The number of nitrogens with zero attached hydrogens (tertiary/aromatic N) is 3. The van der Waals surface area contributed by atoms with Gasteiger partial charge in [0.1, 0.15) is 5.82 Å². The Hall–Kier alpha value is -2.30. The quantitative estimate of drug-likeness (QED) is 0.877. The number of aromatic nitrogens is 2. The molecule has 0 fully saturated rings. The van der Waals surface area contributed by atoms with Crippen LogP contribution in [0.4, 0.5) is 5.69 Å². The molecule has 0 radical (unpaired) electrons. The molecular weight excluding hydrogens is 264 g/mol. The number of fused-ring (bicyclic) bond motifs is 1. The van der Waals surface area contributed by atoms with Gasteiger partial charge in [-0.3, -0.25) is 4.79 Å². The second-order valence-electron chi connectivity index (χ2n) is 5.62. The van der Waals surface area contributed by atoms with Crippen molar-refractivity contribution >= 4 is 11.6 Å². The van der Waals surface area contributed by atoms with Gasteiger partial charge in [0.2, 0.25) is 5.91 Å². The van der Waals surface area contributed by atoms with Gasteiger partial charge >= 0.3 is 0 Å². The molecule has 1 atom stereocenters. The summed E-state index contributed by atoms with van der Waals surface area (Å²) in [5.41, 5.74) is 7.59. The van der Waals surface area contributed by atoms with Crippen molar-refractivity contribution in [2.45, 2.75) is 32.4 Å². The molecular formula is C16H20N4O. The Morgan fingerprint density at radius 1 is 1.33 bits per heavy atom. The molecule has 21 heavy (non-hydrogen) atoms. The number of anilines is 1. The molecule has 0 bridgehead atoms. The van der Waals surface area contributed by atoms with E-state index in [4.69, 9.17) is 5.73 Å². The highest BCUT2D eigenvalue weighted by Gasteiger charge is 2.22. The summed E-state index contributed by atoms with van der Waals surface area (Å²) < 4.78 is 2.10. The minimum absolute atomic E-state index is 0.188. The van der Waals surface area contributed by atoms with Crippen LogP contribution < -0.4 is 5.73 Å². The maximum atomic E-state index is 12.4. The second kappa shape index (κ2) is 5.60. The average molecular weight is 284 g/mol. The Kier molecular flexibility index (Phi) is 3.64. The van der Waals surface area contributed by atoms with Crippen LogP contribution in [0, 0.1) is 0 Å². The van der Waals surface area contributed by atoms with E-state index in [0.29, 0.717) is 13.0 Å². The Morgan fingerprint density at radius 3 is 2.86 bits per heavy atom. The van der Waals surface area contributed by atoms with E-state index in [0.717, 1.165) is 30.2 Å². The fraction of sp³-hybridized carbons (Fsp3) is 0.375. The molecule has 2 heterocycles. The maximum Gasteiger partial charge on any atom is 0.223 e. The third-order valence-corrected chi connectivity index (χ3v) is 4.08. The predicted octanol–water partition coefficient (Wildman–Crippen LogP) is 2.00. The summed E-state index contributed by atoms with van der Waals surface area (Å²) in [6, 6.07) is 7.76. The molecule has 0 saturated heterocycles. The van der Waals surface area contributed by atoms with Crippen molar-refractivity contribution in [1.29, 1.82) is 0 Å².